The summed E-state index contributed by atoms with van der Waals surface area (Å²) in [5.41, 5.74) is 3.93. The number of aromatic nitrogens is 2. The average Bonchev–Trinajstić information content (AvgIpc) is 2.82. The van der Waals surface area contributed by atoms with Crippen LogP contribution >= 0.6 is 0 Å². The van der Waals surface area contributed by atoms with Crippen LogP contribution in [-0.2, 0) is 24.2 Å². The molecular formula is C29H33N3O2. The fourth-order valence-electron chi connectivity index (χ4n) is 3.88. The van der Waals surface area contributed by atoms with Crippen LogP contribution in [0.15, 0.2) is 53.3 Å². The smallest absolute Gasteiger partial charge is 0.257 e. The zero-order chi connectivity index (χ0) is 24.9. The van der Waals surface area contributed by atoms with E-state index in [2.05, 4.69) is 13.0 Å². The first-order chi connectivity index (χ1) is 16.2. The summed E-state index contributed by atoms with van der Waals surface area (Å²) in [4.78, 5) is 31.0. The zero-order valence-corrected chi connectivity index (χ0v) is 20.8. The molecule has 0 atom stereocenters. The Labute approximate surface area is 202 Å². The molecule has 0 saturated carbocycles. The molecule has 0 saturated heterocycles. The molecule has 5 nitrogen and oxygen atoms in total. The number of nitriles is 1. The summed E-state index contributed by atoms with van der Waals surface area (Å²) in [5.74, 6) is 0.790. The number of hydrogen-bond acceptors (Lipinski definition) is 4. The van der Waals surface area contributed by atoms with E-state index in [0.717, 1.165) is 35.4 Å². The Morgan fingerprint density at radius 2 is 1.76 bits per heavy atom. The van der Waals surface area contributed by atoms with E-state index < -0.39 is 5.41 Å². The Morgan fingerprint density at radius 3 is 2.38 bits per heavy atom. The van der Waals surface area contributed by atoms with Gasteiger partial charge in [-0.1, -0.05) is 76.6 Å². The van der Waals surface area contributed by atoms with Crippen LogP contribution in [0.25, 0.3) is 11.1 Å². The first-order valence-electron chi connectivity index (χ1n) is 11.9. The first-order valence-corrected chi connectivity index (χ1v) is 11.9. The minimum absolute atomic E-state index is 0.0304. The van der Waals surface area contributed by atoms with Gasteiger partial charge in [0, 0.05) is 29.5 Å². The number of hydrogen-bond donors (Lipinski definition) is 0. The van der Waals surface area contributed by atoms with Gasteiger partial charge in [-0.2, -0.15) is 5.26 Å². The third-order valence-corrected chi connectivity index (χ3v) is 6.13. The summed E-state index contributed by atoms with van der Waals surface area (Å²) in [6.07, 6.45) is 2.76. The molecule has 0 bridgehead atoms. The first kappa shape index (κ1) is 25.1. The highest BCUT2D eigenvalue weighted by molar-refractivity contribution is 5.85. The summed E-state index contributed by atoms with van der Waals surface area (Å²) in [6.45, 7) is 9.95. The van der Waals surface area contributed by atoms with E-state index in [4.69, 9.17) is 4.98 Å². The molecule has 0 fully saturated rings. The van der Waals surface area contributed by atoms with Gasteiger partial charge >= 0.3 is 0 Å². The van der Waals surface area contributed by atoms with E-state index in [-0.39, 0.29) is 17.8 Å². The molecule has 0 amide bonds. The number of Topliss-reactive ketones (excluding diaryl/α,β-unsaturated/α-hetero) is 1. The van der Waals surface area contributed by atoms with Gasteiger partial charge in [-0.05, 0) is 36.1 Å². The number of aryl methyl sites for hydroxylation is 2. The summed E-state index contributed by atoms with van der Waals surface area (Å²) >= 11 is 0. The second-order valence-electron chi connectivity index (χ2n) is 9.79. The summed E-state index contributed by atoms with van der Waals surface area (Å²) in [5, 5.41) is 9.40. The molecule has 176 valence electrons. The van der Waals surface area contributed by atoms with Crippen molar-refractivity contribution in [3.05, 3.63) is 87.1 Å². The number of nitrogens with zero attached hydrogens (tertiary/aromatic N) is 3. The van der Waals surface area contributed by atoms with Crippen LogP contribution in [0.5, 0.6) is 0 Å². The minimum Gasteiger partial charge on any atom is -0.299 e. The van der Waals surface area contributed by atoms with Crippen LogP contribution in [-0.4, -0.2) is 15.3 Å². The Morgan fingerprint density at radius 1 is 1.09 bits per heavy atom. The lowest BCUT2D eigenvalue weighted by Gasteiger charge is -2.19. The van der Waals surface area contributed by atoms with Gasteiger partial charge in [-0.15, -0.1) is 0 Å². The van der Waals surface area contributed by atoms with Gasteiger partial charge in [-0.3, -0.25) is 14.2 Å². The van der Waals surface area contributed by atoms with Crippen LogP contribution in [0.4, 0.5) is 0 Å². The maximum Gasteiger partial charge on any atom is 0.257 e. The molecule has 1 aromatic heterocycles. The summed E-state index contributed by atoms with van der Waals surface area (Å²) in [7, 11) is 0. The number of benzene rings is 2. The largest absolute Gasteiger partial charge is 0.299 e. The standard InChI is InChI=1S/C29H33N3O2/c1-6-7-12-27-31-20(2)25(17-26(33)29(3,4)5)28(34)32(27)19-21-13-15-22(16-14-21)24-11-9-8-10-23(24)18-30/h8-11,13-16H,6-7,12,17,19H2,1-5H3. The molecule has 1 heterocycles. The normalized spacial score (nSPS) is 11.3. The Bertz CT molecular complexity index is 1270. The van der Waals surface area contributed by atoms with Crippen LogP contribution in [0, 0.1) is 23.7 Å². The SMILES string of the molecule is CCCCc1nc(C)c(CC(=O)C(C)(C)C)c(=O)n1Cc1ccc(-c2ccccc2C#N)cc1. The number of carbonyl (C=O) groups excluding carboxylic acids is 1. The number of unbranched alkanes of at least 4 members (excludes halogenated alkanes) is 1. The predicted molar refractivity (Wildman–Crippen MR) is 136 cm³/mol. The van der Waals surface area contributed by atoms with Crippen molar-refractivity contribution in [3.63, 3.8) is 0 Å². The molecule has 3 rings (SSSR count). The highest BCUT2D eigenvalue weighted by atomic mass is 16.1. The molecule has 5 heteroatoms. The zero-order valence-electron chi connectivity index (χ0n) is 20.8. The summed E-state index contributed by atoms with van der Waals surface area (Å²) < 4.78 is 1.73. The number of carbonyl (C=O) groups is 1. The quantitative estimate of drug-likeness (QED) is 0.440. The lowest BCUT2D eigenvalue weighted by atomic mass is 9.87. The van der Waals surface area contributed by atoms with Crippen LogP contribution < -0.4 is 5.56 Å². The Kier molecular flexibility index (Phi) is 7.83. The summed E-state index contributed by atoms with van der Waals surface area (Å²) in [6, 6.07) is 17.7. The van der Waals surface area contributed by atoms with Gasteiger partial charge in [0.25, 0.3) is 5.56 Å². The molecule has 0 aliphatic carbocycles. The molecule has 0 spiro atoms. The Hall–Kier alpha value is -3.52. The predicted octanol–water partition coefficient (Wildman–Crippen LogP) is 5.64. The third-order valence-electron chi connectivity index (χ3n) is 6.13. The lowest BCUT2D eigenvalue weighted by molar-refractivity contribution is -0.125. The van der Waals surface area contributed by atoms with Crippen LogP contribution in [0.3, 0.4) is 0 Å². The van der Waals surface area contributed by atoms with Crippen molar-refractivity contribution in [2.75, 3.05) is 0 Å². The van der Waals surface area contributed by atoms with Gasteiger partial charge in [0.2, 0.25) is 0 Å². The van der Waals surface area contributed by atoms with Crippen molar-refractivity contribution in [1.82, 2.24) is 9.55 Å². The van der Waals surface area contributed by atoms with Crippen molar-refractivity contribution in [2.45, 2.75) is 66.8 Å². The third kappa shape index (κ3) is 5.69. The average molecular weight is 456 g/mol. The molecule has 2 aromatic carbocycles. The van der Waals surface area contributed by atoms with Gasteiger partial charge in [0.15, 0.2) is 0 Å². The fraction of sp³-hybridized carbons (Fsp3) is 0.379. The van der Waals surface area contributed by atoms with E-state index in [1.165, 1.54) is 0 Å². The second-order valence-corrected chi connectivity index (χ2v) is 9.79. The van der Waals surface area contributed by atoms with Crippen LogP contribution in [0.2, 0.25) is 0 Å². The highest BCUT2D eigenvalue weighted by Crippen LogP contribution is 2.24. The second kappa shape index (κ2) is 10.6. The van der Waals surface area contributed by atoms with Crippen molar-refractivity contribution < 1.29 is 4.79 Å². The number of rotatable bonds is 8. The van der Waals surface area contributed by atoms with Gasteiger partial charge < -0.3 is 0 Å². The molecule has 34 heavy (non-hydrogen) atoms. The van der Waals surface area contributed by atoms with E-state index in [1.54, 1.807) is 10.6 Å². The van der Waals surface area contributed by atoms with Crippen molar-refractivity contribution >= 4 is 5.78 Å². The molecule has 0 radical (unpaired) electrons. The maximum absolute atomic E-state index is 13.5. The molecule has 3 aromatic rings. The van der Waals surface area contributed by atoms with Gasteiger partial charge in [0.1, 0.15) is 11.6 Å². The monoisotopic (exact) mass is 455 g/mol. The van der Waals surface area contributed by atoms with E-state index in [1.807, 2.05) is 70.2 Å². The van der Waals surface area contributed by atoms with Crippen molar-refractivity contribution in [3.8, 4) is 17.2 Å². The minimum atomic E-state index is -0.514. The molecule has 0 aliphatic heterocycles. The molecule has 0 unspecified atom stereocenters. The fourth-order valence-corrected chi connectivity index (χ4v) is 3.88. The van der Waals surface area contributed by atoms with E-state index >= 15 is 0 Å². The van der Waals surface area contributed by atoms with E-state index in [0.29, 0.717) is 29.8 Å². The molecular weight excluding hydrogens is 422 g/mol. The van der Waals surface area contributed by atoms with Crippen molar-refractivity contribution in [1.29, 1.82) is 5.26 Å². The number of ketones is 1. The maximum atomic E-state index is 13.5. The van der Waals surface area contributed by atoms with E-state index in [9.17, 15) is 14.9 Å². The van der Waals surface area contributed by atoms with Crippen molar-refractivity contribution in [2.24, 2.45) is 5.41 Å². The van der Waals surface area contributed by atoms with Crippen LogP contribution in [0.1, 0.15) is 68.7 Å². The lowest BCUT2D eigenvalue weighted by Crippen LogP contribution is -2.33. The highest BCUT2D eigenvalue weighted by Gasteiger charge is 2.25. The Balaban J connectivity index is 1.99. The van der Waals surface area contributed by atoms with Gasteiger partial charge in [-0.25, -0.2) is 4.98 Å². The topological polar surface area (TPSA) is 75.8 Å². The van der Waals surface area contributed by atoms with Gasteiger partial charge in [0.05, 0.1) is 18.2 Å². The molecule has 0 aliphatic rings. The molecule has 0 N–H and O–H groups in total.